The SMILES string of the molecule is Nc1cc(C(F)(F)F)ccc1C(=O)NOCc1ccccc1. The van der Waals surface area contributed by atoms with E-state index >= 15 is 0 Å². The van der Waals surface area contributed by atoms with Crippen LogP contribution in [-0.4, -0.2) is 5.91 Å². The van der Waals surface area contributed by atoms with Gasteiger partial charge in [0.25, 0.3) is 5.91 Å². The van der Waals surface area contributed by atoms with Crippen molar-refractivity contribution in [2.24, 2.45) is 0 Å². The zero-order chi connectivity index (χ0) is 16.2. The fraction of sp³-hybridized carbons (Fsp3) is 0.133. The topological polar surface area (TPSA) is 64.4 Å². The molecule has 0 bridgehead atoms. The molecule has 0 fully saturated rings. The molecule has 2 aromatic rings. The van der Waals surface area contributed by atoms with E-state index in [1.165, 1.54) is 0 Å². The van der Waals surface area contributed by atoms with E-state index in [4.69, 9.17) is 10.6 Å². The summed E-state index contributed by atoms with van der Waals surface area (Å²) in [4.78, 5) is 16.8. The number of rotatable bonds is 4. The fourth-order valence-corrected chi connectivity index (χ4v) is 1.76. The molecule has 22 heavy (non-hydrogen) atoms. The van der Waals surface area contributed by atoms with Crippen LogP contribution < -0.4 is 11.2 Å². The third-order valence-electron chi connectivity index (χ3n) is 2.87. The summed E-state index contributed by atoms with van der Waals surface area (Å²) >= 11 is 0. The van der Waals surface area contributed by atoms with E-state index in [-0.39, 0.29) is 17.9 Å². The molecule has 2 aromatic carbocycles. The monoisotopic (exact) mass is 310 g/mol. The maximum absolute atomic E-state index is 12.5. The van der Waals surface area contributed by atoms with Crippen molar-refractivity contribution >= 4 is 11.6 Å². The molecule has 0 aliphatic rings. The number of hydroxylamine groups is 1. The standard InChI is InChI=1S/C15H13F3N2O2/c16-15(17,18)11-6-7-12(13(19)8-11)14(21)20-22-9-10-4-2-1-3-5-10/h1-8H,9,19H2,(H,20,21). The average Bonchev–Trinajstić information content (AvgIpc) is 2.47. The lowest BCUT2D eigenvalue weighted by molar-refractivity contribution is -0.137. The minimum atomic E-state index is -4.51. The van der Waals surface area contributed by atoms with Crippen molar-refractivity contribution in [1.82, 2.24) is 5.48 Å². The number of nitrogens with two attached hydrogens (primary N) is 1. The summed E-state index contributed by atoms with van der Waals surface area (Å²) in [5.41, 5.74) is 7.21. The van der Waals surface area contributed by atoms with Crippen LogP contribution in [0.4, 0.5) is 18.9 Å². The molecule has 0 aromatic heterocycles. The van der Waals surface area contributed by atoms with Gasteiger partial charge in [-0.3, -0.25) is 9.63 Å². The first-order valence-corrected chi connectivity index (χ1v) is 6.30. The molecule has 0 heterocycles. The van der Waals surface area contributed by atoms with E-state index < -0.39 is 17.6 Å². The summed E-state index contributed by atoms with van der Waals surface area (Å²) in [5.74, 6) is -0.706. The highest BCUT2D eigenvalue weighted by molar-refractivity contribution is 5.98. The Morgan fingerprint density at radius 3 is 2.41 bits per heavy atom. The number of carbonyl (C=O) groups excluding carboxylic acids is 1. The van der Waals surface area contributed by atoms with Crippen molar-refractivity contribution in [2.75, 3.05) is 5.73 Å². The van der Waals surface area contributed by atoms with E-state index in [0.717, 1.165) is 17.7 Å². The first kappa shape index (κ1) is 15.8. The third kappa shape index (κ3) is 3.98. The van der Waals surface area contributed by atoms with E-state index in [0.29, 0.717) is 6.07 Å². The van der Waals surface area contributed by atoms with Gasteiger partial charge in [0.2, 0.25) is 0 Å². The summed E-state index contributed by atoms with van der Waals surface area (Å²) in [6.45, 7) is 0.132. The van der Waals surface area contributed by atoms with Crippen LogP contribution in [0.2, 0.25) is 0 Å². The van der Waals surface area contributed by atoms with Crippen LogP contribution in [0.1, 0.15) is 21.5 Å². The molecule has 2 rings (SSSR count). The molecule has 7 heteroatoms. The Morgan fingerprint density at radius 1 is 1.14 bits per heavy atom. The lowest BCUT2D eigenvalue weighted by atomic mass is 10.1. The number of anilines is 1. The van der Waals surface area contributed by atoms with Crippen molar-refractivity contribution in [2.45, 2.75) is 12.8 Å². The Kier molecular flexibility index (Phi) is 4.67. The molecular weight excluding hydrogens is 297 g/mol. The zero-order valence-corrected chi connectivity index (χ0v) is 11.4. The van der Waals surface area contributed by atoms with Gasteiger partial charge >= 0.3 is 6.18 Å². The molecule has 0 atom stereocenters. The molecule has 0 aliphatic carbocycles. The summed E-state index contributed by atoms with van der Waals surface area (Å²) in [6, 6.07) is 11.6. The number of nitrogen functional groups attached to an aromatic ring is 1. The predicted molar refractivity (Wildman–Crippen MR) is 74.6 cm³/mol. The second-order valence-electron chi connectivity index (χ2n) is 4.51. The van der Waals surface area contributed by atoms with Gasteiger partial charge in [0.05, 0.1) is 17.7 Å². The fourth-order valence-electron chi connectivity index (χ4n) is 1.76. The number of alkyl halides is 3. The lowest BCUT2D eigenvalue weighted by Gasteiger charge is -2.11. The highest BCUT2D eigenvalue weighted by Gasteiger charge is 2.31. The van der Waals surface area contributed by atoms with Crippen LogP contribution in [0.15, 0.2) is 48.5 Å². The highest BCUT2D eigenvalue weighted by atomic mass is 19.4. The highest BCUT2D eigenvalue weighted by Crippen LogP contribution is 2.31. The molecule has 3 N–H and O–H groups in total. The quantitative estimate of drug-likeness (QED) is 0.673. The molecular formula is C15H13F3N2O2. The zero-order valence-electron chi connectivity index (χ0n) is 11.4. The third-order valence-corrected chi connectivity index (χ3v) is 2.87. The van der Waals surface area contributed by atoms with Crippen LogP contribution in [0.5, 0.6) is 0 Å². The van der Waals surface area contributed by atoms with Gasteiger partial charge in [-0.05, 0) is 23.8 Å². The molecule has 0 aliphatic heterocycles. The van der Waals surface area contributed by atoms with Gasteiger partial charge in [-0.25, -0.2) is 5.48 Å². The van der Waals surface area contributed by atoms with Crippen LogP contribution in [0.25, 0.3) is 0 Å². The minimum Gasteiger partial charge on any atom is -0.398 e. The van der Waals surface area contributed by atoms with E-state index in [2.05, 4.69) is 5.48 Å². The normalized spacial score (nSPS) is 11.2. The largest absolute Gasteiger partial charge is 0.416 e. The van der Waals surface area contributed by atoms with Gasteiger partial charge in [-0.2, -0.15) is 13.2 Å². The van der Waals surface area contributed by atoms with Crippen LogP contribution in [0, 0.1) is 0 Å². The molecule has 0 saturated heterocycles. The summed E-state index contributed by atoms with van der Waals surface area (Å²) < 4.78 is 37.5. The summed E-state index contributed by atoms with van der Waals surface area (Å²) in [7, 11) is 0. The number of hydrogen-bond acceptors (Lipinski definition) is 3. The Morgan fingerprint density at radius 2 is 1.82 bits per heavy atom. The van der Waals surface area contributed by atoms with Gasteiger partial charge in [0.1, 0.15) is 0 Å². The predicted octanol–water partition coefficient (Wildman–Crippen LogP) is 3.15. The number of carbonyl (C=O) groups is 1. The van der Waals surface area contributed by atoms with Crippen LogP contribution in [-0.2, 0) is 17.6 Å². The first-order valence-electron chi connectivity index (χ1n) is 6.30. The second-order valence-corrected chi connectivity index (χ2v) is 4.51. The average molecular weight is 310 g/mol. The van der Waals surface area contributed by atoms with Gasteiger partial charge < -0.3 is 5.73 Å². The summed E-state index contributed by atoms with van der Waals surface area (Å²) in [5, 5.41) is 0. The molecule has 0 radical (unpaired) electrons. The Balaban J connectivity index is 1.98. The molecule has 0 saturated carbocycles. The number of nitrogens with one attached hydrogen (secondary N) is 1. The molecule has 116 valence electrons. The van der Waals surface area contributed by atoms with E-state index in [9.17, 15) is 18.0 Å². The van der Waals surface area contributed by atoms with Crippen molar-refractivity contribution in [3.8, 4) is 0 Å². The minimum absolute atomic E-state index is 0.0824. The van der Waals surface area contributed by atoms with E-state index in [1.54, 1.807) is 12.1 Å². The molecule has 1 amide bonds. The Bertz CT molecular complexity index is 658. The van der Waals surface area contributed by atoms with Crippen molar-refractivity contribution < 1.29 is 22.8 Å². The number of amides is 1. The maximum Gasteiger partial charge on any atom is 0.416 e. The number of hydrogen-bond donors (Lipinski definition) is 2. The molecule has 0 spiro atoms. The van der Waals surface area contributed by atoms with Gasteiger partial charge in [-0.15, -0.1) is 0 Å². The van der Waals surface area contributed by atoms with Crippen LogP contribution in [0.3, 0.4) is 0 Å². The number of benzene rings is 2. The van der Waals surface area contributed by atoms with Gasteiger partial charge in [0.15, 0.2) is 0 Å². The molecule has 4 nitrogen and oxygen atoms in total. The van der Waals surface area contributed by atoms with Gasteiger partial charge in [-0.1, -0.05) is 30.3 Å². The number of halogens is 3. The Labute approximate surface area is 124 Å². The Hall–Kier alpha value is -2.54. The smallest absolute Gasteiger partial charge is 0.398 e. The van der Waals surface area contributed by atoms with Crippen molar-refractivity contribution in [1.29, 1.82) is 0 Å². The lowest BCUT2D eigenvalue weighted by Crippen LogP contribution is -2.24. The van der Waals surface area contributed by atoms with Crippen LogP contribution >= 0.6 is 0 Å². The van der Waals surface area contributed by atoms with E-state index in [1.807, 2.05) is 18.2 Å². The maximum atomic E-state index is 12.5. The second kappa shape index (κ2) is 6.48. The molecule has 0 unspecified atom stereocenters. The van der Waals surface area contributed by atoms with Crippen molar-refractivity contribution in [3.63, 3.8) is 0 Å². The summed E-state index contributed by atoms with van der Waals surface area (Å²) in [6.07, 6.45) is -4.51. The first-order chi connectivity index (χ1) is 10.4. The van der Waals surface area contributed by atoms with Gasteiger partial charge in [0, 0.05) is 5.69 Å². The van der Waals surface area contributed by atoms with Crippen molar-refractivity contribution in [3.05, 3.63) is 65.2 Å².